The molecular formula is C20H28F3N3O5. The van der Waals surface area contributed by atoms with Crippen LogP contribution in [0.15, 0.2) is 18.2 Å². The third-order valence-corrected chi connectivity index (χ3v) is 4.56. The first kappa shape index (κ1) is 26.2. The molecule has 3 N–H and O–H groups in total. The highest BCUT2D eigenvalue weighted by molar-refractivity contribution is 5.93. The topological polar surface area (TPSA) is 110 Å². The summed E-state index contributed by atoms with van der Waals surface area (Å²) < 4.78 is 31.7. The van der Waals surface area contributed by atoms with Crippen LogP contribution < -0.4 is 10.2 Å². The van der Waals surface area contributed by atoms with Crippen molar-refractivity contribution in [1.82, 2.24) is 4.90 Å². The number of nitrogens with zero attached hydrogens (tertiary/aromatic N) is 2. The molecule has 0 bridgehead atoms. The number of hydrogen-bond donors (Lipinski definition) is 3. The van der Waals surface area contributed by atoms with Crippen LogP contribution in [0.5, 0.6) is 0 Å². The molecular weight excluding hydrogens is 419 g/mol. The van der Waals surface area contributed by atoms with Crippen molar-refractivity contribution in [2.75, 3.05) is 36.4 Å². The Hall–Kier alpha value is -2.82. The average molecular weight is 447 g/mol. The van der Waals surface area contributed by atoms with Gasteiger partial charge in [0.2, 0.25) is 5.91 Å². The van der Waals surface area contributed by atoms with Gasteiger partial charge >= 0.3 is 18.1 Å². The van der Waals surface area contributed by atoms with Gasteiger partial charge < -0.3 is 20.4 Å². The van der Waals surface area contributed by atoms with E-state index < -0.39 is 18.1 Å². The molecule has 1 aliphatic rings. The second kappa shape index (κ2) is 11.5. The molecule has 31 heavy (non-hydrogen) atoms. The number of amides is 1. The van der Waals surface area contributed by atoms with Crippen LogP contribution in [0.3, 0.4) is 0 Å². The first-order chi connectivity index (χ1) is 14.3. The van der Waals surface area contributed by atoms with Crippen molar-refractivity contribution in [1.29, 1.82) is 0 Å². The van der Waals surface area contributed by atoms with Crippen molar-refractivity contribution in [3.05, 3.63) is 23.8 Å². The number of anilines is 2. The summed E-state index contributed by atoms with van der Waals surface area (Å²) in [4.78, 5) is 36.1. The fourth-order valence-corrected chi connectivity index (χ4v) is 2.96. The van der Waals surface area contributed by atoms with E-state index in [9.17, 15) is 22.8 Å². The van der Waals surface area contributed by atoms with Gasteiger partial charge in [-0.1, -0.05) is 0 Å². The summed E-state index contributed by atoms with van der Waals surface area (Å²) in [7, 11) is 0. The minimum absolute atomic E-state index is 0.00826. The van der Waals surface area contributed by atoms with Crippen molar-refractivity contribution in [2.24, 2.45) is 0 Å². The number of halogens is 3. The lowest BCUT2D eigenvalue weighted by molar-refractivity contribution is -0.192. The SMILES string of the molecule is Cc1cc(NC(=O)CCC(=O)O)cc(N2CCN(C(C)C)CC2)c1.O=C(O)C(F)(F)F. The van der Waals surface area contributed by atoms with Crippen LogP contribution in [0.1, 0.15) is 32.3 Å². The van der Waals surface area contributed by atoms with Crippen molar-refractivity contribution >= 4 is 29.2 Å². The molecule has 0 atom stereocenters. The van der Waals surface area contributed by atoms with Gasteiger partial charge in [0.25, 0.3) is 0 Å². The number of nitrogens with one attached hydrogen (secondary N) is 1. The van der Waals surface area contributed by atoms with Gasteiger partial charge in [0.1, 0.15) is 0 Å². The molecule has 0 radical (unpaired) electrons. The van der Waals surface area contributed by atoms with Gasteiger partial charge in [0, 0.05) is 50.0 Å². The minimum Gasteiger partial charge on any atom is -0.481 e. The fraction of sp³-hybridized carbons (Fsp3) is 0.550. The zero-order valence-corrected chi connectivity index (χ0v) is 17.7. The van der Waals surface area contributed by atoms with E-state index in [4.69, 9.17) is 15.0 Å². The summed E-state index contributed by atoms with van der Waals surface area (Å²) in [5, 5.41) is 18.6. The Bertz CT molecular complexity index is 776. The van der Waals surface area contributed by atoms with E-state index in [1.807, 2.05) is 19.1 Å². The third-order valence-electron chi connectivity index (χ3n) is 4.56. The molecule has 1 amide bonds. The van der Waals surface area contributed by atoms with E-state index in [-0.39, 0.29) is 18.7 Å². The number of rotatable bonds is 6. The third kappa shape index (κ3) is 9.69. The van der Waals surface area contributed by atoms with E-state index >= 15 is 0 Å². The fourth-order valence-electron chi connectivity index (χ4n) is 2.96. The van der Waals surface area contributed by atoms with Crippen molar-refractivity contribution in [3.8, 4) is 0 Å². The van der Waals surface area contributed by atoms with Gasteiger partial charge in [0.05, 0.1) is 6.42 Å². The lowest BCUT2D eigenvalue weighted by atomic mass is 10.1. The number of benzene rings is 1. The van der Waals surface area contributed by atoms with Crippen LogP contribution in [0, 0.1) is 6.92 Å². The number of carbonyl (C=O) groups is 3. The standard InChI is InChI=1S/C18H27N3O3.C2HF3O2/c1-13(2)20-6-8-21(9-7-20)16-11-14(3)10-15(12-16)19-17(22)4-5-18(23)24;3-2(4,5)1(6)7/h10-13H,4-9H2,1-3H3,(H,19,22)(H,23,24);(H,6,7). The van der Waals surface area contributed by atoms with Crippen LogP contribution in [0.2, 0.25) is 0 Å². The predicted octanol–water partition coefficient (Wildman–Crippen LogP) is 2.96. The Morgan fingerprint density at radius 1 is 1.03 bits per heavy atom. The molecule has 174 valence electrons. The Morgan fingerprint density at radius 3 is 2.03 bits per heavy atom. The molecule has 0 spiro atoms. The van der Waals surface area contributed by atoms with Gasteiger partial charge in [0.15, 0.2) is 0 Å². The Balaban J connectivity index is 0.000000592. The normalized spacial score (nSPS) is 14.6. The first-order valence-corrected chi connectivity index (χ1v) is 9.72. The maximum absolute atomic E-state index is 11.8. The molecule has 2 rings (SSSR count). The average Bonchev–Trinajstić information content (AvgIpc) is 2.65. The number of aryl methyl sites for hydroxylation is 1. The summed E-state index contributed by atoms with van der Waals surface area (Å²) in [6.07, 6.45) is -5.24. The van der Waals surface area contributed by atoms with Crippen LogP contribution in [0.25, 0.3) is 0 Å². The lowest BCUT2D eigenvalue weighted by Gasteiger charge is -2.38. The minimum atomic E-state index is -5.08. The van der Waals surface area contributed by atoms with Crippen LogP contribution in [-0.2, 0) is 14.4 Å². The summed E-state index contributed by atoms with van der Waals surface area (Å²) in [5.41, 5.74) is 2.91. The number of carboxylic acids is 2. The highest BCUT2D eigenvalue weighted by atomic mass is 19.4. The molecule has 0 saturated carbocycles. The summed E-state index contributed by atoms with van der Waals surface area (Å²) in [6.45, 7) is 10.4. The van der Waals surface area contributed by atoms with Crippen molar-refractivity contribution in [2.45, 2.75) is 45.8 Å². The van der Waals surface area contributed by atoms with Crippen molar-refractivity contribution in [3.63, 3.8) is 0 Å². The van der Waals surface area contributed by atoms with E-state index in [1.54, 1.807) is 0 Å². The van der Waals surface area contributed by atoms with E-state index in [1.165, 1.54) is 0 Å². The molecule has 1 aromatic carbocycles. The number of carboxylic acid groups (broad SMARTS) is 2. The largest absolute Gasteiger partial charge is 0.490 e. The second-order valence-corrected chi connectivity index (χ2v) is 7.42. The number of hydrogen-bond acceptors (Lipinski definition) is 5. The van der Waals surface area contributed by atoms with Gasteiger partial charge in [-0.25, -0.2) is 4.79 Å². The lowest BCUT2D eigenvalue weighted by Crippen LogP contribution is -2.48. The quantitative estimate of drug-likeness (QED) is 0.615. The maximum atomic E-state index is 11.8. The first-order valence-electron chi connectivity index (χ1n) is 9.72. The smallest absolute Gasteiger partial charge is 0.481 e. The molecule has 1 aromatic rings. The van der Waals surface area contributed by atoms with Crippen LogP contribution in [-0.4, -0.2) is 71.4 Å². The molecule has 0 aromatic heterocycles. The number of aliphatic carboxylic acids is 2. The zero-order valence-electron chi connectivity index (χ0n) is 17.7. The number of carbonyl (C=O) groups excluding carboxylic acids is 1. The molecule has 1 fully saturated rings. The molecule has 0 aliphatic carbocycles. The Kier molecular flexibility index (Phi) is 9.76. The molecule has 1 aliphatic heterocycles. The molecule has 0 unspecified atom stereocenters. The van der Waals surface area contributed by atoms with Gasteiger partial charge in [-0.2, -0.15) is 13.2 Å². The number of piperazine rings is 1. The van der Waals surface area contributed by atoms with E-state index in [0.717, 1.165) is 43.1 Å². The highest BCUT2D eigenvalue weighted by Gasteiger charge is 2.38. The van der Waals surface area contributed by atoms with E-state index in [0.29, 0.717) is 6.04 Å². The van der Waals surface area contributed by atoms with Gasteiger partial charge in [-0.3, -0.25) is 14.5 Å². The summed E-state index contributed by atoms with van der Waals surface area (Å²) >= 11 is 0. The van der Waals surface area contributed by atoms with Crippen LogP contribution in [0.4, 0.5) is 24.5 Å². The molecule has 1 saturated heterocycles. The van der Waals surface area contributed by atoms with Gasteiger partial charge in [-0.15, -0.1) is 0 Å². The van der Waals surface area contributed by atoms with Crippen LogP contribution >= 0.6 is 0 Å². The predicted molar refractivity (Wildman–Crippen MR) is 109 cm³/mol. The molecule has 8 nitrogen and oxygen atoms in total. The monoisotopic (exact) mass is 447 g/mol. The molecule has 1 heterocycles. The Morgan fingerprint density at radius 2 is 1.58 bits per heavy atom. The maximum Gasteiger partial charge on any atom is 0.490 e. The van der Waals surface area contributed by atoms with Crippen molar-refractivity contribution < 1.29 is 37.8 Å². The summed E-state index contributed by atoms with van der Waals surface area (Å²) in [6, 6.07) is 6.56. The second-order valence-electron chi connectivity index (χ2n) is 7.42. The Labute approximate surface area is 178 Å². The van der Waals surface area contributed by atoms with Gasteiger partial charge in [-0.05, 0) is 44.5 Å². The van der Waals surface area contributed by atoms with E-state index in [2.05, 4.69) is 35.0 Å². The number of alkyl halides is 3. The molecule has 11 heteroatoms. The zero-order chi connectivity index (χ0) is 23.8. The summed E-state index contributed by atoms with van der Waals surface area (Å²) in [5.74, 6) is -3.98. The highest BCUT2D eigenvalue weighted by Crippen LogP contribution is 2.24.